The summed E-state index contributed by atoms with van der Waals surface area (Å²) in [6, 6.07) is 17.9. The van der Waals surface area contributed by atoms with E-state index in [4.69, 9.17) is 10.2 Å². The van der Waals surface area contributed by atoms with Gasteiger partial charge in [-0.3, -0.25) is 9.59 Å². The van der Waals surface area contributed by atoms with Crippen molar-refractivity contribution in [2.24, 2.45) is 5.73 Å². The smallest absolute Gasteiger partial charge is 0.254 e. The van der Waals surface area contributed by atoms with E-state index in [9.17, 15) is 9.59 Å². The molecule has 3 aromatic rings. The molecule has 0 spiro atoms. The van der Waals surface area contributed by atoms with Crippen molar-refractivity contribution in [1.82, 2.24) is 4.90 Å². The molecule has 1 aromatic heterocycles. The molecule has 5 nitrogen and oxygen atoms in total. The maximum atomic E-state index is 12.6. The van der Waals surface area contributed by atoms with Crippen molar-refractivity contribution in [2.75, 3.05) is 7.05 Å². The second kappa shape index (κ2) is 7.58. The molecule has 0 saturated heterocycles. The number of carbonyl (C=O) groups is 2. The molecule has 1 heterocycles. The molecule has 0 radical (unpaired) electrons. The summed E-state index contributed by atoms with van der Waals surface area (Å²) in [5.74, 6) is 0.635. The second-order valence-corrected chi connectivity index (χ2v) is 6.79. The number of halogens is 1. The van der Waals surface area contributed by atoms with Crippen molar-refractivity contribution in [3.63, 3.8) is 0 Å². The van der Waals surface area contributed by atoms with Gasteiger partial charge in [0.15, 0.2) is 0 Å². The maximum absolute atomic E-state index is 12.6. The van der Waals surface area contributed by atoms with Crippen molar-refractivity contribution in [3.05, 3.63) is 82.0 Å². The van der Waals surface area contributed by atoms with Crippen molar-refractivity contribution in [1.29, 1.82) is 0 Å². The van der Waals surface area contributed by atoms with Crippen molar-refractivity contribution < 1.29 is 14.0 Å². The molecule has 6 heteroatoms. The average molecular weight is 413 g/mol. The molecule has 2 N–H and O–H groups in total. The summed E-state index contributed by atoms with van der Waals surface area (Å²) in [5.41, 5.74) is 6.94. The van der Waals surface area contributed by atoms with Gasteiger partial charge >= 0.3 is 0 Å². The van der Waals surface area contributed by atoms with Gasteiger partial charge in [-0.2, -0.15) is 0 Å². The zero-order chi connectivity index (χ0) is 18.7. The lowest BCUT2D eigenvalue weighted by Crippen LogP contribution is -2.26. The molecule has 3 rings (SSSR count). The average Bonchev–Trinajstić information content (AvgIpc) is 3.10. The lowest BCUT2D eigenvalue weighted by atomic mass is 10.1. The van der Waals surface area contributed by atoms with E-state index in [1.807, 2.05) is 36.4 Å². The third-order valence-corrected chi connectivity index (χ3v) is 4.45. The quantitative estimate of drug-likeness (QED) is 0.685. The first-order valence-electron chi connectivity index (χ1n) is 7.94. The van der Waals surface area contributed by atoms with E-state index >= 15 is 0 Å². The molecule has 132 valence electrons. The minimum atomic E-state index is -0.563. The third kappa shape index (κ3) is 4.03. The van der Waals surface area contributed by atoms with Gasteiger partial charge in [0, 0.05) is 28.2 Å². The first-order valence-corrected chi connectivity index (χ1v) is 8.73. The Morgan fingerprint density at radius 2 is 1.73 bits per heavy atom. The summed E-state index contributed by atoms with van der Waals surface area (Å²) in [6.07, 6.45) is 0. The zero-order valence-electron chi connectivity index (χ0n) is 14.1. The minimum absolute atomic E-state index is 0.213. The maximum Gasteiger partial charge on any atom is 0.254 e. The monoisotopic (exact) mass is 412 g/mol. The number of benzene rings is 2. The number of nitrogens with two attached hydrogens (primary N) is 1. The van der Waals surface area contributed by atoms with E-state index in [0.717, 1.165) is 15.8 Å². The molecule has 0 aliphatic rings. The predicted molar refractivity (Wildman–Crippen MR) is 103 cm³/mol. The first-order chi connectivity index (χ1) is 12.4. The lowest BCUT2D eigenvalue weighted by molar-refractivity contribution is 0.0775. The molecule has 0 atom stereocenters. The lowest BCUT2D eigenvalue weighted by Gasteiger charge is -2.16. The standard InChI is InChI=1S/C20H17BrN2O3/c1-23(20(25)15-4-2-3-14(11-15)19(22)24)12-17-9-10-18(26-17)13-5-7-16(21)8-6-13/h2-11H,12H2,1H3,(H2,22,24). The van der Waals surface area contributed by atoms with Gasteiger partial charge in [0.1, 0.15) is 11.5 Å². The van der Waals surface area contributed by atoms with Gasteiger partial charge in [-0.15, -0.1) is 0 Å². The Morgan fingerprint density at radius 3 is 2.42 bits per heavy atom. The van der Waals surface area contributed by atoms with E-state index < -0.39 is 5.91 Å². The Kier molecular flexibility index (Phi) is 5.23. The van der Waals surface area contributed by atoms with Crippen LogP contribution in [0.1, 0.15) is 26.5 Å². The Balaban J connectivity index is 1.73. The number of hydrogen-bond donors (Lipinski definition) is 1. The minimum Gasteiger partial charge on any atom is -0.459 e. The van der Waals surface area contributed by atoms with E-state index in [-0.39, 0.29) is 5.91 Å². The molecule has 0 aliphatic carbocycles. The van der Waals surface area contributed by atoms with Gasteiger partial charge < -0.3 is 15.1 Å². The molecule has 2 aromatic carbocycles. The molecule has 2 amide bonds. The molecule has 26 heavy (non-hydrogen) atoms. The number of furan rings is 1. The molecule has 0 bridgehead atoms. The first kappa shape index (κ1) is 17.9. The van der Waals surface area contributed by atoms with Crippen LogP contribution < -0.4 is 5.73 Å². The molecule has 0 fully saturated rings. The third-order valence-electron chi connectivity index (χ3n) is 3.92. The molecule has 0 unspecified atom stereocenters. The Hall–Kier alpha value is -2.86. The summed E-state index contributed by atoms with van der Waals surface area (Å²) in [7, 11) is 1.68. The summed E-state index contributed by atoms with van der Waals surface area (Å²) in [5, 5.41) is 0. The molecule has 0 saturated carbocycles. The van der Waals surface area contributed by atoms with Crippen molar-refractivity contribution in [2.45, 2.75) is 6.54 Å². The van der Waals surface area contributed by atoms with E-state index in [1.165, 1.54) is 11.0 Å². The van der Waals surface area contributed by atoms with Gasteiger partial charge in [0.25, 0.3) is 5.91 Å². The molecular weight excluding hydrogens is 396 g/mol. The number of rotatable bonds is 5. The van der Waals surface area contributed by atoms with Crippen LogP contribution in [0.25, 0.3) is 11.3 Å². The van der Waals surface area contributed by atoms with Crippen LogP contribution in [0.3, 0.4) is 0 Å². The number of nitrogens with zero attached hydrogens (tertiary/aromatic N) is 1. The fraction of sp³-hybridized carbons (Fsp3) is 0.100. The number of primary amides is 1. The molecular formula is C20H17BrN2O3. The fourth-order valence-corrected chi connectivity index (χ4v) is 2.83. The van der Waals surface area contributed by atoms with Crippen molar-refractivity contribution in [3.8, 4) is 11.3 Å². The van der Waals surface area contributed by atoms with Gasteiger partial charge in [0.05, 0.1) is 6.54 Å². The summed E-state index contributed by atoms with van der Waals surface area (Å²) in [4.78, 5) is 25.4. The van der Waals surface area contributed by atoms with Crippen LogP contribution in [-0.2, 0) is 6.54 Å². The highest BCUT2D eigenvalue weighted by Crippen LogP contribution is 2.24. The van der Waals surface area contributed by atoms with Gasteiger partial charge in [0.2, 0.25) is 5.91 Å². The predicted octanol–water partition coefficient (Wildman–Crippen LogP) is 4.08. The van der Waals surface area contributed by atoms with Crippen LogP contribution >= 0.6 is 15.9 Å². The summed E-state index contributed by atoms with van der Waals surface area (Å²) in [6.45, 7) is 0.316. The molecule has 0 aliphatic heterocycles. The van der Waals surface area contributed by atoms with E-state index in [2.05, 4.69) is 15.9 Å². The van der Waals surface area contributed by atoms with Crippen LogP contribution in [0.5, 0.6) is 0 Å². The number of amides is 2. The van der Waals surface area contributed by atoms with Crippen molar-refractivity contribution >= 4 is 27.7 Å². The fourth-order valence-electron chi connectivity index (χ4n) is 2.56. The second-order valence-electron chi connectivity index (χ2n) is 5.88. The summed E-state index contributed by atoms with van der Waals surface area (Å²) < 4.78 is 6.84. The normalized spacial score (nSPS) is 10.5. The topological polar surface area (TPSA) is 76.5 Å². The SMILES string of the molecule is CN(Cc1ccc(-c2ccc(Br)cc2)o1)C(=O)c1cccc(C(N)=O)c1. The van der Waals surface area contributed by atoms with Gasteiger partial charge in [-0.25, -0.2) is 0 Å². The van der Waals surface area contributed by atoms with Gasteiger partial charge in [-0.1, -0.05) is 34.1 Å². The highest BCUT2D eigenvalue weighted by Gasteiger charge is 2.15. The van der Waals surface area contributed by atoms with Gasteiger partial charge in [-0.05, 0) is 42.5 Å². The Bertz CT molecular complexity index is 948. The highest BCUT2D eigenvalue weighted by atomic mass is 79.9. The van der Waals surface area contributed by atoms with E-state index in [0.29, 0.717) is 23.4 Å². The van der Waals surface area contributed by atoms with Crippen LogP contribution in [0, 0.1) is 0 Å². The van der Waals surface area contributed by atoms with Crippen LogP contribution in [0.2, 0.25) is 0 Å². The largest absolute Gasteiger partial charge is 0.459 e. The summed E-state index contributed by atoms with van der Waals surface area (Å²) >= 11 is 3.40. The Morgan fingerprint density at radius 1 is 1.04 bits per heavy atom. The van der Waals surface area contributed by atoms with Crippen LogP contribution in [-0.4, -0.2) is 23.8 Å². The van der Waals surface area contributed by atoms with E-state index in [1.54, 1.807) is 25.2 Å². The number of carbonyl (C=O) groups excluding carboxylic acids is 2. The van der Waals surface area contributed by atoms with Crippen LogP contribution in [0.4, 0.5) is 0 Å². The zero-order valence-corrected chi connectivity index (χ0v) is 15.7. The van der Waals surface area contributed by atoms with Crippen LogP contribution in [0.15, 0.2) is 69.6 Å². The number of hydrogen-bond acceptors (Lipinski definition) is 3. The Labute approximate surface area is 159 Å². The highest BCUT2D eigenvalue weighted by molar-refractivity contribution is 9.10.